The molecule has 6 heteroatoms. The third-order valence-corrected chi connectivity index (χ3v) is 6.13. The first-order chi connectivity index (χ1) is 15.5. The minimum absolute atomic E-state index is 0.0550. The maximum atomic E-state index is 13.2. The standard InChI is InChI=1S/C26H29N3O3/c1-20(30)21-5-9-23(10-6-21)27-15-17-29(18-16-27)26(31)19-25(28-13-3-4-14-28)22-7-11-24(32-2)12-8-22/h3-14,25H,15-19H2,1-2H3. The van der Waals surface area contributed by atoms with Gasteiger partial charge in [-0.3, -0.25) is 9.59 Å². The molecule has 32 heavy (non-hydrogen) atoms. The van der Waals surface area contributed by atoms with E-state index < -0.39 is 0 Å². The highest BCUT2D eigenvalue weighted by Gasteiger charge is 2.25. The lowest BCUT2D eigenvalue weighted by Gasteiger charge is -2.37. The van der Waals surface area contributed by atoms with Crippen LogP contribution in [0.2, 0.25) is 0 Å². The van der Waals surface area contributed by atoms with Crippen LogP contribution in [-0.2, 0) is 4.79 Å². The van der Waals surface area contributed by atoms with E-state index in [1.54, 1.807) is 14.0 Å². The van der Waals surface area contributed by atoms with Crippen molar-refractivity contribution in [2.24, 2.45) is 0 Å². The molecular weight excluding hydrogens is 402 g/mol. The maximum Gasteiger partial charge on any atom is 0.225 e. The van der Waals surface area contributed by atoms with E-state index in [9.17, 15) is 9.59 Å². The molecule has 0 bridgehead atoms. The lowest BCUT2D eigenvalue weighted by atomic mass is 10.0. The fourth-order valence-corrected chi connectivity index (χ4v) is 4.19. The van der Waals surface area contributed by atoms with Crippen molar-refractivity contribution in [3.63, 3.8) is 0 Å². The Kier molecular flexibility index (Phi) is 6.59. The number of ether oxygens (including phenoxy) is 1. The molecule has 1 fully saturated rings. The number of nitrogens with zero attached hydrogens (tertiary/aromatic N) is 3. The normalized spacial score (nSPS) is 14.8. The van der Waals surface area contributed by atoms with Gasteiger partial charge in [-0.25, -0.2) is 0 Å². The van der Waals surface area contributed by atoms with Gasteiger partial charge < -0.3 is 19.1 Å². The average molecular weight is 432 g/mol. The van der Waals surface area contributed by atoms with Gasteiger partial charge in [0.05, 0.1) is 19.6 Å². The molecule has 0 N–H and O–H groups in total. The minimum atomic E-state index is -0.0550. The van der Waals surface area contributed by atoms with Gasteiger partial charge in [0.2, 0.25) is 5.91 Å². The number of hydrogen-bond acceptors (Lipinski definition) is 4. The summed E-state index contributed by atoms with van der Waals surface area (Å²) in [5.41, 5.74) is 2.89. The molecule has 166 valence electrons. The summed E-state index contributed by atoms with van der Waals surface area (Å²) in [4.78, 5) is 28.9. The fourth-order valence-electron chi connectivity index (χ4n) is 4.19. The van der Waals surface area contributed by atoms with Crippen molar-refractivity contribution in [3.05, 3.63) is 84.2 Å². The number of ketones is 1. The molecular formula is C26H29N3O3. The van der Waals surface area contributed by atoms with E-state index in [2.05, 4.69) is 9.47 Å². The number of anilines is 1. The van der Waals surface area contributed by atoms with Crippen molar-refractivity contribution in [1.29, 1.82) is 0 Å². The molecule has 3 aromatic rings. The van der Waals surface area contributed by atoms with Crippen LogP contribution in [0.5, 0.6) is 5.75 Å². The van der Waals surface area contributed by atoms with Crippen LogP contribution in [0.1, 0.15) is 35.3 Å². The summed E-state index contributed by atoms with van der Waals surface area (Å²) in [6.07, 6.45) is 4.42. The fraction of sp³-hybridized carbons (Fsp3) is 0.308. The number of carbonyl (C=O) groups excluding carboxylic acids is 2. The number of amides is 1. The van der Waals surface area contributed by atoms with Crippen molar-refractivity contribution < 1.29 is 14.3 Å². The molecule has 1 aliphatic heterocycles. The minimum Gasteiger partial charge on any atom is -0.497 e. The summed E-state index contributed by atoms with van der Waals surface area (Å²) >= 11 is 0. The van der Waals surface area contributed by atoms with Gasteiger partial charge >= 0.3 is 0 Å². The molecule has 1 amide bonds. The first-order valence-electron chi connectivity index (χ1n) is 11.0. The lowest BCUT2D eigenvalue weighted by molar-refractivity contribution is -0.132. The number of benzene rings is 2. The first kappa shape index (κ1) is 21.7. The molecule has 1 aliphatic rings. The van der Waals surface area contributed by atoms with Gasteiger partial charge in [0.25, 0.3) is 0 Å². The summed E-state index contributed by atoms with van der Waals surface area (Å²) in [6, 6.07) is 19.5. The average Bonchev–Trinajstić information content (AvgIpc) is 3.37. The molecule has 0 radical (unpaired) electrons. The molecule has 1 unspecified atom stereocenters. The number of piperazine rings is 1. The highest BCUT2D eigenvalue weighted by atomic mass is 16.5. The van der Waals surface area contributed by atoms with Crippen molar-refractivity contribution in [1.82, 2.24) is 9.47 Å². The highest BCUT2D eigenvalue weighted by molar-refractivity contribution is 5.94. The zero-order valence-corrected chi connectivity index (χ0v) is 18.6. The number of carbonyl (C=O) groups is 2. The zero-order chi connectivity index (χ0) is 22.5. The summed E-state index contributed by atoms with van der Waals surface area (Å²) < 4.78 is 7.37. The largest absolute Gasteiger partial charge is 0.497 e. The molecule has 0 saturated carbocycles. The Balaban J connectivity index is 1.40. The predicted molar refractivity (Wildman–Crippen MR) is 125 cm³/mol. The number of Topliss-reactive ketones (excluding diaryl/α,β-unsaturated/α-hetero) is 1. The Labute approximate surface area is 189 Å². The van der Waals surface area contributed by atoms with E-state index in [1.165, 1.54) is 0 Å². The molecule has 2 aromatic carbocycles. The van der Waals surface area contributed by atoms with Gasteiger partial charge in [-0.15, -0.1) is 0 Å². The second-order valence-electron chi connectivity index (χ2n) is 8.09. The Morgan fingerprint density at radius 2 is 1.53 bits per heavy atom. The van der Waals surface area contributed by atoms with Crippen molar-refractivity contribution in [2.45, 2.75) is 19.4 Å². The Morgan fingerprint density at radius 1 is 0.906 bits per heavy atom. The summed E-state index contributed by atoms with van der Waals surface area (Å²) in [5, 5.41) is 0. The highest BCUT2D eigenvalue weighted by Crippen LogP contribution is 2.26. The number of rotatable bonds is 7. The zero-order valence-electron chi connectivity index (χ0n) is 18.6. The Morgan fingerprint density at radius 3 is 2.09 bits per heavy atom. The maximum absolute atomic E-state index is 13.2. The molecule has 0 spiro atoms. The van der Waals surface area contributed by atoms with Crippen molar-refractivity contribution >= 4 is 17.4 Å². The summed E-state index contributed by atoms with van der Waals surface area (Å²) in [7, 11) is 1.65. The van der Waals surface area contributed by atoms with Crippen LogP contribution in [0, 0.1) is 0 Å². The van der Waals surface area contributed by atoms with Crippen LogP contribution in [0.15, 0.2) is 73.1 Å². The van der Waals surface area contributed by atoms with Crippen LogP contribution in [0.25, 0.3) is 0 Å². The number of hydrogen-bond donors (Lipinski definition) is 0. The third-order valence-electron chi connectivity index (χ3n) is 6.13. The van der Waals surface area contributed by atoms with Crippen LogP contribution in [0.4, 0.5) is 5.69 Å². The smallest absolute Gasteiger partial charge is 0.225 e. The van der Waals surface area contributed by atoms with E-state index in [4.69, 9.17) is 4.74 Å². The van der Waals surface area contributed by atoms with Crippen LogP contribution >= 0.6 is 0 Å². The third kappa shape index (κ3) is 4.85. The molecule has 1 saturated heterocycles. The lowest BCUT2D eigenvalue weighted by Crippen LogP contribution is -2.49. The Hall–Kier alpha value is -3.54. The van der Waals surface area contributed by atoms with Gasteiger partial charge in [0.1, 0.15) is 5.75 Å². The topological polar surface area (TPSA) is 54.8 Å². The summed E-state index contributed by atoms with van der Waals surface area (Å²) in [6.45, 7) is 4.51. The predicted octanol–water partition coefficient (Wildman–Crippen LogP) is 4.03. The molecule has 1 atom stereocenters. The first-order valence-corrected chi connectivity index (χ1v) is 11.0. The number of methoxy groups -OCH3 is 1. The van der Waals surface area contributed by atoms with Gasteiger partial charge in [-0.1, -0.05) is 12.1 Å². The van der Waals surface area contributed by atoms with E-state index in [1.807, 2.05) is 78.0 Å². The molecule has 0 aliphatic carbocycles. The van der Waals surface area contributed by atoms with E-state index in [-0.39, 0.29) is 17.7 Å². The van der Waals surface area contributed by atoms with E-state index >= 15 is 0 Å². The second kappa shape index (κ2) is 9.73. The van der Waals surface area contributed by atoms with Crippen LogP contribution in [0.3, 0.4) is 0 Å². The van der Waals surface area contributed by atoms with E-state index in [0.29, 0.717) is 19.5 Å². The van der Waals surface area contributed by atoms with Gasteiger partial charge in [-0.05, 0) is 61.0 Å². The van der Waals surface area contributed by atoms with E-state index in [0.717, 1.165) is 35.7 Å². The quantitative estimate of drug-likeness (QED) is 0.530. The number of aromatic nitrogens is 1. The summed E-state index contributed by atoms with van der Waals surface area (Å²) in [5.74, 6) is 1.03. The Bertz CT molecular complexity index is 1030. The monoisotopic (exact) mass is 431 g/mol. The van der Waals surface area contributed by atoms with Crippen LogP contribution in [-0.4, -0.2) is 54.4 Å². The molecule has 4 rings (SSSR count). The van der Waals surface area contributed by atoms with Crippen LogP contribution < -0.4 is 9.64 Å². The van der Waals surface area contributed by atoms with Gasteiger partial charge in [0.15, 0.2) is 5.78 Å². The SMILES string of the molecule is COc1ccc(C(CC(=O)N2CCN(c3ccc(C(C)=O)cc3)CC2)n2cccc2)cc1. The molecule has 2 heterocycles. The molecule has 1 aromatic heterocycles. The van der Waals surface area contributed by atoms with Gasteiger partial charge in [0, 0.05) is 49.8 Å². The molecule has 6 nitrogen and oxygen atoms in total. The second-order valence-corrected chi connectivity index (χ2v) is 8.09. The van der Waals surface area contributed by atoms with Crippen molar-refractivity contribution in [3.8, 4) is 5.75 Å². The van der Waals surface area contributed by atoms with Gasteiger partial charge in [-0.2, -0.15) is 0 Å². The van der Waals surface area contributed by atoms with Crippen molar-refractivity contribution in [2.75, 3.05) is 38.2 Å².